The summed E-state index contributed by atoms with van der Waals surface area (Å²) in [4.78, 5) is 1.01. The van der Waals surface area contributed by atoms with Crippen molar-refractivity contribution in [3.05, 3.63) is 83.6 Å². The molecule has 0 amide bonds. The third kappa shape index (κ3) is 5.10. The number of hydrogen-bond acceptors (Lipinski definition) is 5. The minimum atomic E-state index is -4.90. The molecule has 2 atom stereocenters. The zero-order valence-corrected chi connectivity index (χ0v) is 18.9. The molecular weight excluding hydrogens is 461 g/mol. The largest absolute Gasteiger partial charge is 0.408 e. The Bertz CT molecular complexity index is 1130. The quantitative estimate of drug-likeness (QED) is 0.456. The third-order valence-electron chi connectivity index (χ3n) is 5.22. The van der Waals surface area contributed by atoms with Gasteiger partial charge in [-0.25, -0.2) is 0 Å². The Kier molecular flexibility index (Phi) is 7.21. The number of nitrogens with two attached hydrogens (primary N) is 1. The van der Waals surface area contributed by atoms with E-state index in [1.807, 2.05) is 18.4 Å². The molecule has 0 radical (unpaired) electrons. The highest BCUT2D eigenvalue weighted by atomic mass is 32.2. The first-order chi connectivity index (χ1) is 15.0. The molecule has 2 aromatic rings. The van der Waals surface area contributed by atoms with Gasteiger partial charge in [0.2, 0.25) is 0 Å². The Morgan fingerprint density at radius 3 is 2.44 bits per heavy atom. The second kappa shape index (κ2) is 9.40. The fourth-order valence-electron chi connectivity index (χ4n) is 3.61. The van der Waals surface area contributed by atoms with Gasteiger partial charge >= 0.3 is 16.2 Å². The van der Waals surface area contributed by atoms with Gasteiger partial charge in [0, 0.05) is 29.1 Å². The maximum absolute atomic E-state index is 13.2. The van der Waals surface area contributed by atoms with E-state index in [0.29, 0.717) is 16.7 Å². The molecule has 0 aromatic heterocycles. The summed E-state index contributed by atoms with van der Waals surface area (Å²) in [6.45, 7) is -0.244. The lowest BCUT2D eigenvalue weighted by Crippen LogP contribution is -2.54. The number of hydrogen-bond donors (Lipinski definition) is 2. The molecule has 3 rings (SSSR count). The fraction of sp³-hybridized carbons (Fsp3) is 0.273. The van der Waals surface area contributed by atoms with Crippen molar-refractivity contribution in [2.24, 2.45) is 5.73 Å². The number of aliphatic hydroxyl groups excluding tert-OH is 1. The fourth-order valence-corrected chi connectivity index (χ4v) is 5.71. The number of thioether (sulfide) groups is 1. The van der Waals surface area contributed by atoms with Crippen molar-refractivity contribution in [2.75, 3.05) is 25.1 Å². The maximum atomic E-state index is 13.2. The summed E-state index contributed by atoms with van der Waals surface area (Å²) in [6, 6.07) is 13.2. The highest BCUT2D eigenvalue weighted by Gasteiger charge is 2.50. The summed E-state index contributed by atoms with van der Waals surface area (Å²) in [5.74, 6) is -1.98. The molecular formula is C22H24F3N2O3S2+. The summed E-state index contributed by atoms with van der Waals surface area (Å²) >= 11 is 1.55. The molecule has 3 N–H and O–H groups in total. The maximum Gasteiger partial charge on any atom is 0.408 e. The van der Waals surface area contributed by atoms with Crippen molar-refractivity contribution in [2.45, 2.75) is 17.2 Å². The Hall–Kier alpha value is -2.11. The van der Waals surface area contributed by atoms with Crippen LogP contribution in [0.5, 0.6) is 0 Å². The van der Waals surface area contributed by atoms with Crippen LogP contribution in [0.1, 0.15) is 17.2 Å². The van der Waals surface area contributed by atoms with Crippen LogP contribution >= 0.6 is 11.8 Å². The van der Waals surface area contributed by atoms with Crippen LogP contribution < -0.4 is 9.62 Å². The van der Waals surface area contributed by atoms with Gasteiger partial charge in [0.1, 0.15) is 18.8 Å². The number of quaternary nitrogens is 1. The molecule has 0 saturated heterocycles. The van der Waals surface area contributed by atoms with E-state index in [-0.39, 0.29) is 18.8 Å². The van der Waals surface area contributed by atoms with Crippen LogP contribution in [0.15, 0.2) is 77.4 Å². The standard InChI is InChI=1S/C22H24F3N2O3S2/c1-31-20-9-7-17(8-10-20)21(28)18-5-2-6-19(12-18)27(11-3-4-16(13-26)14-27)32(29,30)15-22(23,24)25/h2-10,12,14,21,28H,11,13,15,26H2,1H3/q+1. The molecule has 32 heavy (non-hydrogen) atoms. The second-order valence-electron chi connectivity index (χ2n) is 7.40. The predicted molar refractivity (Wildman–Crippen MR) is 122 cm³/mol. The lowest BCUT2D eigenvalue weighted by molar-refractivity contribution is -0.106. The average molecular weight is 486 g/mol. The zero-order chi connectivity index (χ0) is 23.6. The van der Waals surface area contributed by atoms with Crippen LogP contribution in [0.25, 0.3) is 0 Å². The summed E-state index contributed by atoms with van der Waals surface area (Å²) in [7, 11) is -4.77. The molecule has 0 bridgehead atoms. The van der Waals surface area contributed by atoms with Gasteiger partial charge in [0.25, 0.3) is 0 Å². The highest BCUT2D eigenvalue weighted by Crippen LogP contribution is 2.37. The molecule has 2 aromatic carbocycles. The number of nitrogens with zero attached hydrogens (tertiary/aromatic N) is 1. The van der Waals surface area contributed by atoms with Crippen molar-refractivity contribution < 1.29 is 26.7 Å². The Balaban J connectivity index is 2.10. The van der Waals surface area contributed by atoms with Crippen LogP contribution in [0.2, 0.25) is 0 Å². The van der Waals surface area contributed by atoms with E-state index in [9.17, 15) is 26.7 Å². The molecule has 1 aliphatic rings. The van der Waals surface area contributed by atoms with Crippen LogP contribution in [-0.4, -0.2) is 44.8 Å². The molecule has 1 heterocycles. The third-order valence-corrected chi connectivity index (χ3v) is 8.11. The van der Waals surface area contributed by atoms with E-state index in [2.05, 4.69) is 0 Å². The van der Waals surface area contributed by atoms with Crippen LogP contribution in [0.3, 0.4) is 0 Å². The molecule has 1 aliphatic heterocycles. The molecule has 0 spiro atoms. The van der Waals surface area contributed by atoms with E-state index in [1.165, 1.54) is 30.5 Å². The Morgan fingerprint density at radius 1 is 1.16 bits per heavy atom. The van der Waals surface area contributed by atoms with E-state index in [0.717, 1.165) is 4.90 Å². The first-order valence-corrected chi connectivity index (χ1v) is 12.5. The Labute approximate surface area is 189 Å². The monoisotopic (exact) mass is 485 g/mol. The smallest absolute Gasteiger partial charge is 0.384 e. The van der Waals surface area contributed by atoms with Gasteiger partial charge in [-0.3, -0.25) is 0 Å². The lowest BCUT2D eigenvalue weighted by atomic mass is 10.0. The number of benzene rings is 2. The first kappa shape index (κ1) is 24.5. The van der Waals surface area contributed by atoms with Crippen molar-refractivity contribution in [3.8, 4) is 0 Å². The molecule has 0 fully saturated rings. The summed E-state index contributed by atoms with van der Waals surface area (Å²) < 4.78 is 64.6. The van der Waals surface area contributed by atoms with Crippen LogP contribution in [-0.2, 0) is 10.0 Å². The molecule has 172 valence electrons. The number of sulfonamides is 1. The van der Waals surface area contributed by atoms with Crippen LogP contribution in [0.4, 0.5) is 18.9 Å². The number of rotatable bonds is 7. The second-order valence-corrected chi connectivity index (χ2v) is 10.4. The predicted octanol–water partition coefficient (Wildman–Crippen LogP) is 4.10. The van der Waals surface area contributed by atoms with Gasteiger partial charge < -0.3 is 10.8 Å². The molecule has 0 saturated carbocycles. The van der Waals surface area contributed by atoms with Gasteiger partial charge in [0.05, 0.1) is 0 Å². The number of alkyl halides is 3. The molecule has 0 aliphatic carbocycles. The summed E-state index contributed by atoms with van der Waals surface area (Å²) in [6.07, 6.45) is 0.300. The van der Waals surface area contributed by atoms with Crippen molar-refractivity contribution in [1.29, 1.82) is 0 Å². The van der Waals surface area contributed by atoms with Gasteiger partial charge in [-0.1, -0.05) is 30.3 Å². The van der Waals surface area contributed by atoms with Crippen LogP contribution in [0, 0.1) is 0 Å². The van der Waals surface area contributed by atoms with E-state index < -0.39 is 31.9 Å². The van der Waals surface area contributed by atoms with Crippen molar-refractivity contribution >= 4 is 27.5 Å². The lowest BCUT2D eigenvalue weighted by Gasteiger charge is -2.35. The molecule has 10 heteroatoms. The summed E-state index contributed by atoms with van der Waals surface area (Å²) in [5, 5.41) is 10.9. The van der Waals surface area contributed by atoms with Gasteiger partial charge in [0.15, 0.2) is 11.4 Å². The zero-order valence-electron chi connectivity index (χ0n) is 17.3. The Morgan fingerprint density at radius 2 is 1.84 bits per heavy atom. The summed E-state index contributed by atoms with van der Waals surface area (Å²) in [5.41, 5.74) is 7.12. The van der Waals surface area contributed by atoms with E-state index in [4.69, 9.17) is 5.73 Å². The average Bonchev–Trinajstić information content (AvgIpc) is 2.77. The van der Waals surface area contributed by atoms with Gasteiger partial charge in [-0.05, 0) is 35.6 Å². The molecule has 5 nitrogen and oxygen atoms in total. The number of halogens is 3. The molecule has 2 unspecified atom stereocenters. The SMILES string of the molecule is CSc1ccc(C(O)c2cccc([N+]3(S(=O)(=O)CC(F)(F)F)C=C(CN)C=CC3)c2)cc1. The minimum Gasteiger partial charge on any atom is -0.384 e. The van der Waals surface area contributed by atoms with Gasteiger partial charge in [-0.2, -0.15) is 25.5 Å². The normalized spacial score (nSPS) is 20.1. The van der Waals surface area contributed by atoms with E-state index >= 15 is 0 Å². The van der Waals surface area contributed by atoms with Crippen molar-refractivity contribution in [1.82, 2.24) is 3.89 Å². The van der Waals surface area contributed by atoms with Crippen molar-refractivity contribution in [3.63, 3.8) is 0 Å². The first-order valence-electron chi connectivity index (χ1n) is 9.69. The number of aliphatic hydroxyl groups is 1. The van der Waals surface area contributed by atoms with E-state index in [1.54, 1.807) is 36.0 Å². The highest BCUT2D eigenvalue weighted by molar-refractivity contribution is 7.98. The van der Waals surface area contributed by atoms with Gasteiger partial charge in [-0.15, -0.1) is 11.8 Å². The minimum absolute atomic E-state index is 0.0257. The topological polar surface area (TPSA) is 80.4 Å².